The molecule has 0 saturated carbocycles. The molecule has 4 rings (SSSR count). The molecule has 3 aromatic rings. The third-order valence-electron chi connectivity index (χ3n) is 6.30. The van der Waals surface area contributed by atoms with Gasteiger partial charge in [0.25, 0.3) is 11.7 Å². The van der Waals surface area contributed by atoms with Gasteiger partial charge in [0.2, 0.25) is 0 Å². The molecule has 7 nitrogen and oxygen atoms in total. The first-order chi connectivity index (χ1) is 17.3. The Balaban J connectivity index is 1.83. The predicted octanol–water partition coefficient (Wildman–Crippen LogP) is 4.62. The van der Waals surface area contributed by atoms with Crippen LogP contribution < -0.4 is 9.47 Å². The van der Waals surface area contributed by atoms with Crippen LogP contribution in [0.1, 0.15) is 30.5 Å². The lowest BCUT2D eigenvalue weighted by molar-refractivity contribution is -0.140. The van der Waals surface area contributed by atoms with E-state index in [0.29, 0.717) is 36.6 Å². The quantitative estimate of drug-likeness (QED) is 0.269. The molecule has 1 aliphatic rings. The number of ketones is 1. The summed E-state index contributed by atoms with van der Waals surface area (Å²) in [5, 5.41) is 13.2. The Bertz CT molecular complexity index is 1310. The molecule has 0 bridgehead atoms. The number of carbonyl (C=O) groups is 2. The number of likely N-dealkylation sites (N-methyl/N-ethyl adjacent to an activating group) is 1. The monoisotopic (exact) mass is 488 g/mol. The van der Waals surface area contributed by atoms with Gasteiger partial charge in [0.1, 0.15) is 17.3 Å². The molecule has 1 amide bonds. The van der Waals surface area contributed by atoms with E-state index >= 15 is 0 Å². The highest BCUT2D eigenvalue weighted by molar-refractivity contribution is 6.46. The summed E-state index contributed by atoms with van der Waals surface area (Å²) in [6.45, 7) is 3.51. The Morgan fingerprint density at radius 1 is 1.00 bits per heavy atom. The van der Waals surface area contributed by atoms with Crippen LogP contribution in [0.15, 0.2) is 66.2 Å². The molecule has 1 N–H and O–H groups in total. The van der Waals surface area contributed by atoms with E-state index in [-0.39, 0.29) is 11.3 Å². The molecule has 188 valence electrons. The fourth-order valence-electron chi connectivity index (χ4n) is 4.41. The number of ether oxygens (including phenoxy) is 2. The third kappa shape index (κ3) is 5.06. The topological polar surface area (TPSA) is 79.3 Å². The summed E-state index contributed by atoms with van der Waals surface area (Å²) in [6.07, 6.45) is 0.860. The van der Waals surface area contributed by atoms with Crippen molar-refractivity contribution in [3.8, 4) is 11.5 Å². The van der Waals surface area contributed by atoms with Crippen LogP contribution in [0.3, 0.4) is 0 Å². The Labute approximate surface area is 211 Å². The number of nitrogens with zero attached hydrogens (tertiary/aromatic N) is 2. The molecule has 36 heavy (non-hydrogen) atoms. The minimum absolute atomic E-state index is 0.0826. The Kier molecular flexibility index (Phi) is 7.60. The molecular formula is C29H32N2O5. The summed E-state index contributed by atoms with van der Waals surface area (Å²) in [7, 11) is 5.43. The van der Waals surface area contributed by atoms with Crippen LogP contribution in [0.2, 0.25) is 0 Å². The molecule has 0 radical (unpaired) electrons. The van der Waals surface area contributed by atoms with Gasteiger partial charge in [-0.1, -0.05) is 37.3 Å². The maximum atomic E-state index is 13.3. The molecule has 7 heteroatoms. The first-order valence-electron chi connectivity index (χ1n) is 12.1. The van der Waals surface area contributed by atoms with Crippen molar-refractivity contribution in [2.24, 2.45) is 0 Å². The smallest absolute Gasteiger partial charge is 0.295 e. The van der Waals surface area contributed by atoms with Crippen molar-refractivity contribution in [2.45, 2.75) is 19.4 Å². The van der Waals surface area contributed by atoms with Crippen LogP contribution in [0.5, 0.6) is 11.5 Å². The van der Waals surface area contributed by atoms with E-state index in [1.165, 1.54) is 0 Å². The van der Waals surface area contributed by atoms with Gasteiger partial charge in [0.05, 0.1) is 25.3 Å². The average molecular weight is 489 g/mol. The van der Waals surface area contributed by atoms with Crippen LogP contribution in [-0.4, -0.2) is 67.5 Å². The molecule has 1 fully saturated rings. The second-order valence-electron chi connectivity index (χ2n) is 9.14. The third-order valence-corrected chi connectivity index (χ3v) is 6.30. The Hall–Kier alpha value is -3.84. The second kappa shape index (κ2) is 10.8. The lowest BCUT2D eigenvalue weighted by atomic mass is 9.94. The Morgan fingerprint density at radius 2 is 1.75 bits per heavy atom. The number of Topliss-reactive ketones (excluding diaryl/α,β-unsaturated/α-hetero) is 1. The highest BCUT2D eigenvalue weighted by Crippen LogP contribution is 2.40. The van der Waals surface area contributed by atoms with Crippen molar-refractivity contribution in [1.82, 2.24) is 9.80 Å². The van der Waals surface area contributed by atoms with E-state index < -0.39 is 17.7 Å². The molecule has 1 saturated heterocycles. The van der Waals surface area contributed by atoms with E-state index in [0.717, 1.165) is 22.9 Å². The standard InChI is InChI=1S/C29H32N2O5/c1-5-15-36-24-8-6-7-21(18-24)26-25(28(33)29(34)31(26)14-13-30(2)3)27(32)22-10-9-20-17-23(35-4)12-11-19(20)16-22/h6-12,16-18,26,32H,5,13-15H2,1-4H3/b27-25+. The molecule has 0 aliphatic carbocycles. The molecule has 1 unspecified atom stereocenters. The molecule has 3 aromatic carbocycles. The molecular weight excluding hydrogens is 456 g/mol. The molecule has 1 heterocycles. The van der Waals surface area contributed by atoms with Gasteiger partial charge in [-0.05, 0) is 67.2 Å². The largest absolute Gasteiger partial charge is 0.507 e. The van der Waals surface area contributed by atoms with E-state index in [2.05, 4.69) is 0 Å². The van der Waals surface area contributed by atoms with Crippen LogP contribution in [0, 0.1) is 0 Å². The molecule has 1 atom stereocenters. The number of likely N-dealkylation sites (tertiary alicyclic amines) is 1. The number of benzene rings is 3. The van der Waals surface area contributed by atoms with Gasteiger partial charge in [-0.15, -0.1) is 0 Å². The van der Waals surface area contributed by atoms with Crippen LogP contribution in [0.25, 0.3) is 16.5 Å². The second-order valence-corrected chi connectivity index (χ2v) is 9.14. The summed E-state index contributed by atoms with van der Waals surface area (Å²) in [5.74, 6) is -0.105. The van der Waals surface area contributed by atoms with E-state index in [9.17, 15) is 14.7 Å². The maximum absolute atomic E-state index is 13.3. The zero-order chi connectivity index (χ0) is 25.8. The number of hydrogen-bond donors (Lipinski definition) is 1. The van der Waals surface area contributed by atoms with E-state index in [4.69, 9.17) is 9.47 Å². The van der Waals surface area contributed by atoms with Crippen molar-refractivity contribution >= 4 is 28.2 Å². The zero-order valence-corrected chi connectivity index (χ0v) is 21.2. The number of rotatable bonds is 9. The SMILES string of the molecule is CCCOc1cccc(C2/C(=C(\O)c3ccc4cc(OC)ccc4c3)C(=O)C(=O)N2CCN(C)C)c1. The van der Waals surface area contributed by atoms with Crippen molar-refractivity contribution in [2.75, 3.05) is 40.9 Å². The van der Waals surface area contributed by atoms with Crippen LogP contribution in [0.4, 0.5) is 0 Å². The van der Waals surface area contributed by atoms with Crippen molar-refractivity contribution in [3.63, 3.8) is 0 Å². The number of aliphatic hydroxyl groups is 1. The van der Waals surface area contributed by atoms with E-state index in [1.807, 2.05) is 80.5 Å². The van der Waals surface area contributed by atoms with Crippen LogP contribution in [-0.2, 0) is 9.59 Å². The summed E-state index contributed by atoms with van der Waals surface area (Å²) in [6, 6.07) is 17.7. The Morgan fingerprint density at radius 3 is 2.47 bits per heavy atom. The van der Waals surface area contributed by atoms with Gasteiger partial charge in [-0.3, -0.25) is 9.59 Å². The van der Waals surface area contributed by atoms with Crippen molar-refractivity contribution < 1.29 is 24.2 Å². The van der Waals surface area contributed by atoms with Gasteiger partial charge in [-0.2, -0.15) is 0 Å². The first-order valence-corrected chi connectivity index (χ1v) is 12.1. The normalized spacial score (nSPS) is 17.2. The summed E-state index contributed by atoms with van der Waals surface area (Å²) >= 11 is 0. The van der Waals surface area contributed by atoms with Crippen LogP contribution >= 0.6 is 0 Å². The van der Waals surface area contributed by atoms with Crippen molar-refractivity contribution in [1.29, 1.82) is 0 Å². The van der Waals surface area contributed by atoms with E-state index in [1.54, 1.807) is 18.1 Å². The molecule has 0 spiro atoms. The fourth-order valence-corrected chi connectivity index (χ4v) is 4.41. The summed E-state index contributed by atoms with van der Waals surface area (Å²) in [4.78, 5) is 29.9. The van der Waals surface area contributed by atoms with Crippen molar-refractivity contribution in [3.05, 3.63) is 77.4 Å². The molecule has 0 aromatic heterocycles. The van der Waals surface area contributed by atoms with Gasteiger partial charge in [0, 0.05) is 18.7 Å². The fraction of sp³-hybridized carbons (Fsp3) is 0.310. The average Bonchev–Trinajstić information content (AvgIpc) is 3.14. The number of amides is 1. The number of hydrogen-bond acceptors (Lipinski definition) is 6. The number of fused-ring (bicyclic) bond motifs is 1. The number of aliphatic hydroxyl groups excluding tert-OH is 1. The highest BCUT2D eigenvalue weighted by atomic mass is 16.5. The lowest BCUT2D eigenvalue weighted by Crippen LogP contribution is -2.35. The van der Waals surface area contributed by atoms with Gasteiger partial charge >= 0.3 is 0 Å². The zero-order valence-electron chi connectivity index (χ0n) is 21.2. The molecule has 1 aliphatic heterocycles. The number of carbonyl (C=O) groups excluding carboxylic acids is 2. The number of methoxy groups -OCH3 is 1. The van der Waals surface area contributed by atoms with Gasteiger partial charge < -0.3 is 24.4 Å². The van der Waals surface area contributed by atoms with Gasteiger partial charge in [0.15, 0.2) is 0 Å². The highest BCUT2D eigenvalue weighted by Gasteiger charge is 2.46. The summed E-state index contributed by atoms with van der Waals surface area (Å²) in [5.41, 5.74) is 1.27. The maximum Gasteiger partial charge on any atom is 0.295 e. The summed E-state index contributed by atoms with van der Waals surface area (Å²) < 4.78 is 11.1. The minimum atomic E-state index is -0.721. The minimum Gasteiger partial charge on any atom is -0.507 e. The van der Waals surface area contributed by atoms with Gasteiger partial charge in [-0.25, -0.2) is 0 Å². The predicted molar refractivity (Wildman–Crippen MR) is 140 cm³/mol. The first kappa shape index (κ1) is 25.3. The lowest BCUT2D eigenvalue weighted by Gasteiger charge is -2.27.